The van der Waals surface area contributed by atoms with Gasteiger partial charge >= 0.3 is 6.03 Å². The van der Waals surface area contributed by atoms with E-state index in [0.29, 0.717) is 17.0 Å². The number of rotatable bonds is 3. The fraction of sp³-hybridized carbons (Fsp3) is 0.111. The van der Waals surface area contributed by atoms with E-state index in [1.807, 2.05) is 24.3 Å². The van der Waals surface area contributed by atoms with Crippen LogP contribution in [0.4, 0.5) is 14.9 Å². The van der Waals surface area contributed by atoms with Crippen LogP contribution in [0.2, 0.25) is 0 Å². The van der Waals surface area contributed by atoms with Crippen molar-refractivity contribution in [3.63, 3.8) is 0 Å². The van der Waals surface area contributed by atoms with Crippen molar-refractivity contribution in [2.45, 2.75) is 13.0 Å². The van der Waals surface area contributed by atoms with Crippen molar-refractivity contribution in [3.8, 4) is 0 Å². The Morgan fingerprint density at radius 2 is 1.76 bits per heavy atom. The van der Waals surface area contributed by atoms with E-state index >= 15 is 0 Å². The highest BCUT2D eigenvalue weighted by Gasteiger charge is 2.31. The molecule has 7 heteroatoms. The number of anilines is 1. The Hall–Kier alpha value is -2.67. The zero-order valence-corrected chi connectivity index (χ0v) is 14.9. The molecule has 1 aliphatic heterocycles. The van der Waals surface area contributed by atoms with Crippen molar-refractivity contribution in [2.75, 3.05) is 5.32 Å². The normalized spacial score (nSPS) is 16.9. The molecule has 0 radical (unpaired) electrons. The standard InChI is InChI=1S/C18H15BrFN3O2/c1-10-15(17(24)22-14-8-6-13(20)7-9-14)16(23-18(25)21-10)11-2-4-12(19)5-3-11/h2-9,16H,1H3,(H,22,24)(H2,21,23,25). The molecule has 1 unspecified atom stereocenters. The number of hydrogen-bond acceptors (Lipinski definition) is 2. The van der Waals surface area contributed by atoms with E-state index in [9.17, 15) is 14.0 Å². The summed E-state index contributed by atoms with van der Waals surface area (Å²) in [4.78, 5) is 24.6. The van der Waals surface area contributed by atoms with E-state index in [1.165, 1.54) is 24.3 Å². The minimum absolute atomic E-state index is 0.371. The summed E-state index contributed by atoms with van der Waals surface area (Å²) in [5, 5.41) is 8.11. The van der Waals surface area contributed by atoms with Gasteiger partial charge in [0, 0.05) is 15.9 Å². The summed E-state index contributed by atoms with van der Waals surface area (Å²) in [5.74, 6) is -0.753. The van der Waals surface area contributed by atoms with Crippen LogP contribution in [0.1, 0.15) is 18.5 Å². The van der Waals surface area contributed by atoms with E-state index < -0.39 is 6.04 Å². The molecular weight excluding hydrogens is 389 g/mol. The topological polar surface area (TPSA) is 70.2 Å². The Morgan fingerprint density at radius 3 is 2.40 bits per heavy atom. The number of hydrogen-bond donors (Lipinski definition) is 3. The number of nitrogens with one attached hydrogen (secondary N) is 3. The summed E-state index contributed by atoms with van der Waals surface area (Å²) in [7, 11) is 0. The molecule has 0 saturated carbocycles. The number of urea groups is 1. The molecule has 0 aliphatic carbocycles. The monoisotopic (exact) mass is 403 g/mol. The Labute approximate surface area is 152 Å². The molecule has 3 rings (SSSR count). The molecule has 1 heterocycles. The summed E-state index contributed by atoms with van der Waals surface area (Å²) >= 11 is 3.37. The van der Waals surface area contributed by atoms with Crippen molar-refractivity contribution >= 4 is 33.6 Å². The van der Waals surface area contributed by atoms with Gasteiger partial charge in [-0.1, -0.05) is 28.1 Å². The maximum absolute atomic E-state index is 13.0. The molecule has 3 amide bonds. The van der Waals surface area contributed by atoms with Gasteiger partial charge in [-0.2, -0.15) is 0 Å². The lowest BCUT2D eigenvalue weighted by Gasteiger charge is -2.28. The van der Waals surface area contributed by atoms with Gasteiger partial charge in [-0.15, -0.1) is 0 Å². The minimum Gasteiger partial charge on any atom is -0.327 e. The Balaban J connectivity index is 1.92. The first-order chi connectivity index (χ1) is 11.9. The van der Waals surface area contributed by atoms with Crippen molar-refractivity contribution < 1.29 is 14.0 Å². The number of benzene rings is 2. The van der Waals surface area contributed by atoms with Crippen LogP contribution in [0.3, 0.4) is 0 Å². The van der Waals surface area contributed by atoms with Gasteiger partial charge in [0.2, 0.25) is 0 Å². The number of carbonyl (C=O) groups excluding carboxylic acids is 2. The van der Waals surface area contributed by atoms with Crippen molar-refractivity contribution in [3.05, 3.63) is 75.7 Å². The smallest absolute Gasteiger partial charge is 0.319 e. The SMILES string of the molecule is CC1=C(C(=O)Nc2ccc(F)cc2)C(c2ccc(Br)cc2)NC(=O)N1. The van der Waals surface area contributed by atoms with Gasteiger partial charge in [0.05, 0.1) is 11.6 Å². The third-order valence-corrected chi connectivity index (χ3v) is 4.35. The molecule has 1 atom stereocenters. The molecular formula is C18H15BrFN3O2. The molecule has 0 saturated heterocycles. The van der Waals surface area contributed by atoms with E-state index in [4.69, 9.17) is 0 Å². The summed E-state index contributed by atoms with van der Waals surface area (Å²) in [5.41, 5.74) is 2.11. The molecule has 0 aromatic heterocycles. The zero-order valence-electron chi connectivity index (χ0n) is 13.3. The molecule has 2 aromatic rings. The van der Waals surface area contributed by atoms with E-state index in [-0.39, 0.29) is 17.8 Å². The Bertz CT molecular complexity index is 848. The van der Waals surface area contributed by atoms with Crippen LogP contribution in [0.15, 0.2) is 64.3 Å². The van der Waals surface area contributed by atoms with Gasteiger partial charge in [-0.05, 0) is 48.9 Å². The molecule has 3 N–H and O–H groups in total. The third kappa shape index (κ3) is 3.88. The number of amides is 3. The van der Waals surface area contributed by atoms with Crippen LogP contribution in [-0.4, -0.2) is 11.9 Å². The first-order valence-electron chi connectivity index (χ1n) is 7.54. The predicted octanol–water partition coefficient (Wildman–Crippen LogP) is 3.85. The quantitative estimate of drug-likeness (QED) is 0.728. The van der Waals surface area contributed by atoms with Gasteiger partial charge < -0.3 is 16.0 Å². The molecule has 5 nitrogen and oxygen atoms in total. The van der Waals surface area contributed by atoms with E-state index in [1.54, 1.807) is 6.92 Å². The lowest BCUT2D eigenvalue weighted by atomic mass is 9.95. The summed E-state index contributed by atoms with van der Waals surface area (Å²) in [6.07, 6.45) is 0. The van der Waals surface area contributed by atoms with Crippen LogP contribution >= 0.6 is 15.9 Å². The van der Waals surface area contributed by atoms with Crippen molar-refractivity contribution in [1.82, 2.24) is 10.6 Å². The highest BCUT2D eigenvalue weighted by Crippen LogP contribution is 2.28. The highest BCUT2D eigenvalue weighted by atomic mass is 79.9. The fourth-order valence-corrected chi connectivity index (χ4v) is 2.90. The Morgan fingerprint density at radius 1 is 1.12 bits per heavy atom. The molecule has 0 spiro atoms. The second kappa shape index (κ2) is 7.06. The Kier molecular flexibility index (Phi) is 4.85. The number of carbonyl (C=O) groups is 2. The van der Waals surface area contributed by atoms with Gasteiger partial charge in [-0.25, -0.2) is 9.18 Å². The molecule has 0 bridgehead atoms. The van der Waals surface area contributed by atoms with Gasteiger partial charge in [0.1, 0.15) is 5.82 Å². The molecule has 128 valence electrons. The molecule has 25 heavy (non-hydrogen) atoms. The largest absolute Gasteiger partial charge is 0.327 e. The van der Waals surface area contributed by atoms with Crippen LogP contribution < -0.4 is 16.0 Å². The molecule has 2 aromatic carbocycles. The van der Waals surface area contributed by atoms with Crippen LogP contribution in [0.5, 0.6) is 0 Å². The number of allylic oxidation sites excluding steroid dienone is 1. The maximum atomic E-state index is 13.0. The van der Waals surface area contributed by atoms with Gasteiger partial charge in [0.25, 0.3) is 5.91 Å². The third-order valence-electron chi connectivity index (χ3n) is 3.82. The second-order valence-electron chi connectivity index (χ2n) is 5.58. The van der Waals surface area contributed by atoms with Crippen LogP contribution in [-0.2, 0) is 4.79 Å². The maximum Gasteiger partial charge on any atom is 0.319 e. The van der Waals surface area contributed by atoms with Crippen molar-refractivity contribution in [2.24, 2.45) is 0 Å². The first-order valence-corrected chi connectivity index (χ1v) is 8.34. The van der Waals surface area contributed by atoms with Crippen molar-refractivity contribution in [1.29, 1.82) is 0 Å². The van der Waals surface area contributed by atoms with Gasteiger partial charge in [0.15, 0.2) is 0 Å². The van der Waals surface area contributed by atoms with E-state index in [2.05, 4.69) is 31.9 Å². The predicted molar refractivity (Wildman–Crippen MR) is 96.3 cm³/mol. The molecule has 1 aliphatic rings. The van der Waals surface area contributed by atoms with Gasteiger partial charge in [-0.3, -0.25) is 4.79 Å². The van der Waals surface area contributed by atoms with E-state index in [0.717, 1.165) is 10.0 Å². The zero-order chi connectivity index (χ0) is 18.0. The molecule has 0 fully saturated rings. The second-order valence-corrected chi connectivity index (χ2v) is 6.50. The summed E-state index contributed by atoms with van der Waals surface area (Å²) < 4.78 is 13.9. The average Bonchev–Trinajstić information content (AvgIpc) is 2.57. The average molecular weight is 404 g/mol. The minimum atomic E-state index is -0.581. The number of halogens is 2. The fourth-order valence-electron chi connectivity index (χ4n) is 2.63. The lowest BCUT2D eigenvalue weighted by Crippen LogP contribution is -2.45. The highest BCUT2D eigenvalue weighted by molar-refractivity contribution is 9.10. The van der Waals surface area contributed by atoms with Crippen LogP contribution in [0.25, 0.3) is 0 Å². The first kappa shape index (κ1) is 17.2. The lowest BCUT2D eigenvalue weighted by molar-refractivity contribution is -0.113. The summed E-state index contributed by atoms with van der Waals surface area (Å²) in [6, 6.07) is 11.9. The van der Waals surface area contributed by atoms with Crippen LogP contribution in [0, 0.1) is 5.82 Å². The summed E-state index contributed by atoms with van der Waals surface area (Å²) in [6.45, 7) is 1.67.